The second-order valence-electron chi connectivity index (χ2n) is 5.91. The first-order valence-corrected chi connectivity index (χ1v) is 8.43. The van der Waals surface area contributed by atoms with Gasteiger partial charge in [0.2, 0.25) is 0 Å². The molecule has 5 heteroatoms. The monoisotopic (exact) mass is 363 g/mol. The maximum atomic E-state index is 12.1. The van der Waals surface area contributed by atoms with Gasteiger partial charge < -0.3 is 9.25 Å². The van der Waals surface area contributed by atoms with Crippen LogP contribution in [0.15, 0.2) is 75.8 Å². The van der Waals surface area contributed by atoms with E-state index in [1.165, 1.54) is 0 Å². The summed E-state index contributed by atoms with van der Waals surface area (Å²) in [7, 11) is 0. The topological polar surface area (TPSA) is 51.8 Å². The molecule has 4 nitrogen and oxygen atoms in total. The average Bonchev–Trinajstić information content (AvgIpc) is 3.26. The Labute approximate surface area is 155 Å². The fourth-order valence-corrected chi connectivity index (χ4v) is 2.87. The molecule has 2 aromatic carbocycles. The lowest BCUT2D eigenvalue weighted by Gasteiger charge is -2.01. The summed E-state index contributed by atoms with van der Waals surface area (Å²) in [5.74, 6) is 0.706. The molecular formula is C21H14ClNO3. The summed E-state index contributed by atoms with van der Waals surface area (Å²) < 4.78 is 5.86. The Hall–Kier alpha value is -3.11. The van der Waals surface area contributed by atoms with Crippen molar-refractivity contribution in [1.82, 2.24) is 0 Å². The molecule has 0 radical (unpaired) electrons. The predicted octanol–water partition coefficient (Wildman–Crippen LogP) is 5.25. The van der Waals surface area contributed by atoms with Crippen molar-refractivity contribution in [1.29, 1.82) is 0 Å². The second-order valence-corrected chi connectivity index (χ2v) is 6.32. The SMILES string of the molecule is Cc1ccc(-c2ccc(C=C3C(=O)ON=C3c3ccccc3)o2)cc1Cl. The summed E-state index contributed by atoms with van der Waals surface area (Å²) in [6.07, 6.45) is 1.64. The van der Waals surface area contributed by atoms with E-state index in [2.05, 4.69) is 5.16 Å². The minimum Gasteiger partial charge on any atom is -0.457 e. The molecular weight excluding hydrogens is 350 g/mol. The van der Waals surface area contributed by atoms with Gasteiger partial charge in [-0.2, -0.15) is 0 Å². The minimum atomic E-state index is -0.500. The van der Waals surface area contributed by atoms with Crippen LogP contribution >= 0.6 is 11.6 Å². The van der Waals surface area contributed by atoms with Crippen LogP contribution in [0.3, 0.4) is 0 Å². The third-order valence-corrected chi connectivity index (χ3v) is 4.52. The first-order valence-electron chi connectivity index (χ1n) is 8.05. The Morgan fingerprint density at radius 1 is 1.00 bits per heavy atom. The fourth-order valence-electron chi connectivity index (χ4n) is 2.69. The van der Waals surface area contributed by atoms with Crippen molar-refractivity contribution in [3.63, 3.8) is 0 Å². The lowest BCUT2D eigenvalue weighted by atomic mass is 10.0. The smallest absolute Gasteiger partial charge is 0.368 e. The zero-order valence-corrected chi connectivity index (χ0v) is 14.7. The summed E-state index contributed by atoms with van der Waals surface area (Å²) in [4.78, 5) is 16.9. The van der Waals surface area contributed by atoms with E-state index in [1.54, 1.807) is 12.1 Å². The van der Waals surface area contributed by atoms with Gasteiger partial charge in [0.1, 0.15) is 17.2 Å². The molecule has 26 heavy (non-hydrogen) atoms. The van der Waals surface area contributed by atoms with Crippen molar-refractivity contribution in [2.75, 3.05) is 0 Å². The zero-order chi connectivity index (χ0) is 18.1. The Kier molecular flexibility index (Phi) is 4.19. The molecule has 1 aliphatic rings. The van der Waals surface area contributed by atoms with Crippen LogP contribution in [0.4, 0.5) is 0 Å². The molecule has 0 amide bonds. The molecule has 0 N–H and O–H groups in total. The average molecular weight is 364 g/mol. The normalized spacial score (nSPS) is 15.2. The van der Waals surface area contributed by atoms with E-state index in [9.17, 15) is 4.79 Å². The van der Waals surface area contributed by atoms with Gasteiger partial charge in [-0.05, 0) is 36.8 Å². The first kappa shape index (κ1) is 16.4. The molecule has 0 unspecified atom stereocenters. The molecule has 0 saturated carbocycles. The Morgan fingerprint density at radius 2 is 1.81 bits per heavy atom. The quantitative estimate of drug-likeness (QED) is 0.471. The minimum absolute atomic E-state index is 0.360. The van der Waals surface area contributed by atoms with Gasteiger partial charge in [-0.1, -0.05) is 59.2 Å². The highest BCUT2D eigenvalue weighted by Gasteiger charge is 2.27. The number of hydrogen-bond acceptors (Lipinski definition) is 4. The van der Waals surface area contributed by atoms with Gasteiger partial charge in [-0.15, -0.1) is 0 Å². The fraction of sp³-hybridized carbons (Fsp3) is 0.0476. The van der Waals surface area contributed by atoms with Crippen molar-refractivity contribution < 1.29 is 14.0 Å². The number of rotatable bonds is 3. The summed E-state index contributed by atoms with van der Waals surface area (Å²) in [5, 5.41) is 4.57. The van der Waals surface area contributed by atoms with Crippen molar-refractivity contribution in [2.45, 2.75) is 6.92 Å². The van der Waals surface area contributed by atoms with Crippen LogP contribution in [0.5, 0.6) is 0 Å². The third kappa shape index (κ3) is 3.07. The highest BCUT2D eigenvalue weighted by atomic mass is 35.5. The predicted molar refractivity (Wildman–Crippen MR) is 101 cm³/mol. The molecule has 0 bridgehead atoms. The van der Waals surface area contributed by atoms with Crippen LogP contribution in [0.2, 0.25) is 5.02 Å². The largest absolute Gasteiger partial charge is 0.457 e. The van der Waals surface area contributed by atoms with E-state index in [4.69, 9.17) is 20.9 Å². The van der Waals surface area contributed by atoms with Crippen LogP contribution < -0.4 is 0 Å². The second kappa shape index (κ2) is 6.65. The molecule has 1 aliphatic heterocycles. The lowest BCUT2D eigenvalue weighted by Crippen LogP contribution is -2.06. The Morgan fingerprint density at radius 3 is 2.58 bits per heavy atom. The van der Waals surface area contributed by atoms with Crippen LogP contribution in [-0.2, 0) is 9.63 Å². The summed E-state index contributed by atoms with van der Waals surface area (Å²) in [6.45, 7) is 1.94. The number of aryl methyl sites for hydroxylation is 1. The molecule has 0 spiro atoms. The number of carbonyl (C=O) groups is 1. The van der Waals surface area contributed by atoms with E-state index >= 15 is 0 Å². The molecule has 128 valence electrons. The maximum Gasteiger partial charge on any atom is 0.368 e. The van der Waals surface area contributed by atoms with E-state index in [-0.39, 0.29) is 0 Å². The molecule has 1 aromatic heterocycles. The van der Waals surface area contributed by atoms with E-state index < -0.39 is 5.97 Å². The van der Waals surface area contributed by atoms with Gasteiger partial charge in [0.15, 0.2) is 0 Å². The number of hydrogen-bond donors (Lipinski definition) is 0. The molecule has 0 atom stereocenters. The van der Waals surface area contributed by atoms with Crippen LogP contribution in [0.1, 0.15) is 16.9 Å². The number of carbonyl (C=O) groups excluding carboxylic acids is 1. The highest BCUT2D eigenvalue weighted by Crippen LogP contribution is 2.28. The van der Waals surface area contributed by atoms with Crippen LogP contribution in [0, 0.1) is 6.92 Å². The lowest BCUT2D eigenvalue weighted by molar-refractivity contribution is -0.136. The third-order valence-electron chi connectivity index (χ3n) is 4.11. The summed E-state index contributed by atoms with van der Waals surface area (Å²) in [6, 6.07) is 18.8. The van der Waals surface area contributed by atoms with Crippen molar-refractivity contribution in [2.24, 2.45) is 5.16 Å². The molecule has 0 aliphatic carbocycles. The molecule has 0 fully saturated rings. The number of oxime groups is 1. The number of benzene rings is 2. The number of nitrogens with zero attached hydrogens (tertiary/aromatic N) is 1. The van der Waals surface area contributed by atoms with E-state index in [1.807, 2.05) is 61.5 Å². The Balaban J connectivity index is 1.68. The zero-order valence-electron chi connectivity index (χ0n) is 13.9. The van der Waals surface area contributed by atoms with E-state index in [0.29, 0.717) is 27.8 Å². The molecule has 0 saturated heterocycles. The van der Waals surface area contributed by atoms with Gasteiger partial charge in [0.25, 0.3) is 0 Å². The van der Waals surface area contributed by atoms with Crippen molar-refractivity contribution in [3.8, 4) is 11.3 Å². The highest BCUT2D eigenvalue weighted by molar-refractivity contribution is 6.32. The van der Waals surface area contributed by atoms with Crippen LogP contribution in [0.25, 0.3) is 17.4 Å². The summed E-state index contributed by atoms with van der Waals surface area (Å²) in [5.41, 5.74) is 3.53. The molecule has 4 rings (SSSR count). The molecule has 2 heterocycles. The number of halogens is 1. The summed E-state index contributed by atoms with van der Waals surface area (Å²) >= 11 is 6.18. The van der Waals surface area contributed by atoms with Gasteiger partial charge in [-0.3, -0.25) is 0 Å². The Bertz CT molecular complexity index is 1050. The van der Waals surface area contributed by atoms with Crippen molar-refractivity contribution >= 4 is 29.4 Å². The van der Waals surface area contributed by atoms with E-state index in [0.717, 1.165) is 16.7 Å². The van der Waals surface area contributed by atoms with Crippen LogP contribution in [-0.4, -0.2) is 11.7 Å². The van der Waals surface area contributed by atoms with Gasteiger partial charge in [0.05, 0.1) is 5.57 Å². The van der Waals surface area contributed by atoms with Gasteiger partial charge in [0, 0.05) is 16.1 Å². The first-order chi connectivity index (χ1) is 12.6. The van der Waals surface area contributed by atoms with Gasteiger partial charge >= 0.3 is 5.97 Å². The van der Waals surface area contributed by atoms with Gasteiger partial charge in [-0.25, -0.2) is 4.79 Å². The maximum absolute atomic E-state index is 12.1. The standard InChI is InChI=1S/C21H14ClNO3/c1-13-7-8-15(11-18(13)22)19-10-9-16(25-19)12-17-20(23-26-21(17)24)14-5-3-2-4-6-14/h2-12H,1H3. The molecule has 3 aromatic rings. The van der Waals surface area contributed by atoms with Crippen molar-refractivity contribution in [3.05, 3.63) is 88.1 Å². The number of furan rings is 1.